The minimum Gasteiger partial charge on any atom is -0.355 e. The lowest BCUT2D eigenvalue weighted by atomic mass is 10.0. The highest BCUT2D eigenvalue weighted by Crippen LogP contribution is 2.39. The summed E-state index contributed by atoms with van der Waals surface area (Å²) in [6.07, 6.45) is 7.45. The molecule has 0 bridgehead atoms. The molecule has 5 nitrogen and oxygen atoms in total. The molecule has 0 aromatic carbocycles. The molecule has 0 saturated carbocycles. The second kappa shape index (κ2) is 10.1. The smallest absolute Gasteiger partial charge is 0.220 e. The van der Waals surface area contributed by atoms with Crippen molar-refractivity contribution < 1.29 is 4.79 Å². The molecule has 4 rings (SSSR count). The number of nitrogens with one attached hydrogen (secondary N) is 2. The standard InChI is InChI=1S/C20H28N4OS3/c25-20(6-2-1-4-16-9-13-27-28-16)21-15-7-10-24(11-8-15)19-14-17(22-23-19)18-5-3-12-26-18/h3,5,12,14-16H,1-2,4,6-11,13H2,(H,21,25)(H,22,23)/t16-/m0/s1. The third-order valence-electron chi connectivity index (χ3n) is 5.44. The molecule has 2 N–H and O–H groups in total. The van der Waals surface area contributed by atoms with Crippen LogP contribution in [-0.2, 0) is 4.79 Å². The number of amides is 1. The molecular formula is C20H28N4OS3. The Balaban J connectivity index is 1.14. The van der Waals surface area contributed by atoms with Crippen molar-refractivity contribution in [2.75, 3.05) is 23.7 Å². The lowest BCUT2D eigenvalue weighted by Gasteiger charge is -2.32. The fraction of sp³-hybridized carbons (Fsp3) is 0.600. The van der Waals surface area contributed by atoms with Gasteiger partial charge in [-0.05, 0) is 43.6 Å². The molecule has 8 heteroatoms. The third kappa shape index (κ3) is 5.48. The Kier molecular flexibility index (Phi) is 7.25. The third-order valence-corrected chi connectivity index (χ3v) is 9.35. The number of hydrogen-bond acceptors (Lipinski definition) is 6. The van der Waals surface area contributed by atoms with E-state index < -0.39 is 0 Å². The van der Waals surface area contributed by atoms with Crippen molar-refractivity contribution in [2.24, 2.45) is 0 Å². The Morgan fingerprint density at radius 3 is 2.93 bits per heavy atom. The minimum absolute atomic E-state index is 0.228. The number of carbonyl (C=O) groups is 1. The first-order chi connectivity index (χ1) is 13.8. The van der Waals surface area contributed by atoms with E-state index in [1.807, 2.05) is 21.6 Å². The minimum atomic E-state index is 0.228. The maximum absolute atomic E-state index is 12.2. The zero-order chi connectivity index (χ0) is 19.2. The molecule has 0 unspecified atom stereocenters. The number of piperidine rings is 1. The van der Waals surface area contributed by atoms with Crippen LogP contribution < -0.4 is 10.2 Å². The summed E-state index contributed by atoms with van der Waals surface area (Å²) in [5.74, 6) is 2.53. The SMILES string of the molecule is O=C(CCCC[C@H]1CCSS1)NC1CCN(c2cc(-c3cccs3)[nH]n2)CC1. The van der Waals surface area contributed by atoms with Crippen LogP contribution in [0.5, 0.6) is 0 Å². The van der Waals surface area contributed by atoms with Crippen molar-refractivity contribution in [3.8, 4) is 10.6 Å². The number of aromatic nitrogens is 2. The van der Waals surface area contributed by atoms with E-state index in [0.717, 1.165) is 49.1 Å². The van der Waals surface area contributed by atoms with E-state index in [9.17, 15) is 4.79 Å². The van der Waals surface area contributed by atoms with E-state index >= 15 is 0 Å². The van der Waals surface area contributed by atoms with Gasteiger partial charge in [0.1, 0.15) is 0 Å². The fourth-order valence-corrected chi connectivity index (χ4v) is 7.53. The Morgan fingerprint density at radius 2 is 2.18 bits per heavy atom. The molecule has 1 atom stereocenters. The monoisotopic (exact) mass is 436 g/mol. The summed E-state index contributed by atoms with van der Waals surface area (Å²) < 4.78 is 0. The predicted octanol–water partition coefficient (Wildman–Crippen LogP) is 4.94. The number of unbranched alkanes of at least 4 members (excludes halogenated alkanes) is 1. The van der Waals surface area contributed by atoms with Crippen LogP contribution in [0, 0.1) is 0 Å². The van der Waals surface area contributed by atoms with Gasteiger partial charge in [0, 0.05) is 42.6 Å². The Labute approximate surface area is 178 Å². The second-order valence-electron chi connectivity index (χ2n) is 7.52. The first kappa shape index (κ1) is 20.2. The average molecular weight is 437 g/mol. The molecule has 2 aromatic rings. The normalized spacial score (nSPS) is 20.6. The molecule has 28 heavy (non-hydrogen) atoms. The van der Waals surface area contributed by atoms with Crippen molar-refractivity contribution in [1.29, 1.82) is 0 Å². The Bertz CT molecular complexity index is 734. The van der Waals surface area contributed by atoms with Gasteiger partial charge in [-0.15, -0.1) is 11.3 Å². The van der Waals surface area contributed by atoms with Gasteiger partial charge in [-0.1, -0.05) is 34.1 Å². The van der Waals surface area contributed by atoms with Crippen LogP contribution in [0.4, 0.5) is 5.82 Å². The van der Waals surface area contributed by atoms with E-state index in [-0.39, 0.29) is 5.91 Å². The number of nitrogens with zero attached hydrogens (tertiary/aromatic N) is 2. The van der Waals surface area contributed by atoms with Crippen LogP contribution in [0.25, 0.3) is 10.6 Å². The number of aromatic amines is 1. The summed E-state index contributed by atoms with van der Waals surface area (Å²) in [6, 6.07) is 6.60. The highest BCUT2D eigenvalue weighted by atomic mass is 33.1. The van der Waals surface area contributed by atoms with Gasteiger partial charge in [-0.2, -0.15) is 5.10 Å². The maximum atomic E-state index is 12.2. The zero-order valence-electron chi connectivity index (χ0n) is 16.1. The van der Waals surface area contributed by atoms with E-state index in [1.165, 1.54) is 29.9 Å². The van der Waals surface area contributed by atoms with E-state index in [2.05, 4.69) is 44.0 Å². The summed E-state index contributed by atoms with van der Waals surface area (Å²) in [7, 11) is 4.03. The molecule has 2 aromatic heterocycles. The molecule has 4 heterocycles. The van der Waals surface area contributed by atoms with Gasteiger partial charge in [0.15, 0.2) is 5.82 Å². The summed E-state index contributed by atoms with van der Waals surface area (Å²) in [6.45, 7) is 1.88. The van der Waals surface area contributed by atoms with Crippen LogP contribution >= 0.6 is 32.9 Å². The van der Waals surface area contributed by atoms with Gasteiger partial charge in [-0.25, -0.2) is 0 Å². The number of H-pyrrole nitrogens is 1. The summed E-state index contributed by atoms with van der Waals surface area (Å²) in [5, 5.41) is 13.8. The number of hydrogen-bond donors (Lipinski definition) is 2. The number of thiophene rings is 1. The van der Waals surface area contributed by atoms with Crippen LogP contribution in [0.15, 0.2) is 23.6 Å². The fourth-order valence-electron chi connectivity index (χ4n) is 3.81. The topological polar surface area (TPSA) is 61.0 Å². The quantitative estimate of drug-likeness (QED) is 0.453. The first-order valence-corrected chi connectivity index (χ1v) is 13.5. The predicted molar refractivity (Wildman–Crippen MR) is 122 cm³/mol. The van der Waals surface area contributed by atoms with Crippen molar-refractivity contribution in [2.45, 2.75) is 56.2 Å². The van der Waals surface area contributed by atoms with Crippen LogP contribution in [-0.4, -0.2) is 46.2 Å². The second-order valence-corrected chi connectivity index (χ2v) is 11.3. The molecule has 152 valence electrons. The average Bonchev–Trinajstić information content (AvgIpc) is 3.48. The Hall–Kier alpha value is -1.12. The summed E-state index contributed by atoms with van der Waals surface area (Å²) >= 11 is 1.72. The largest absolute Gasteiger partial charge is 0.355 e. The van der Waals surface area contributed by atoms with E-state index in [0.29, 0.717) is 12.5 Å². The van der Waals surface area contributed by atoms with Gasteiger partial charge in [-0.3, -0.25) is 9.89 Å². The highest BCUT2D eigenvalue weighted by Gasteiger charge is 2.22. The van der Waals surface area contributed by atoms with Gasteiger partial charge in [0.2, 0.25) is 5.91 Å². The van der Waals surface area contributed by atoms with Crippen molar-refractivity contribution >= 4 is 44.6 Å². The van der Waals surface area contributed by atoms with Crippen molar-refractivity contribution in [3.05, 3.63) is 23.6 Å². The molecule has 2 aliphatic rings. The maximum Gasteiger partial charge on any atom is 0.220 e. The summed E-state index contributed by atoms with van der Waals surface area (Å²) in [4.78, 5) is 15.8. The van der Waals surface area contributed by atoms with Crippen LogP contribution in [0.2, 0.25) is 0 Å². The molecule has 0 radical (unpaired) electrons. The number of carbonyl (C=O) groups excluding carboxylic acids is 1. The zero-order valence-corrected chi connectivity index (χ0v) is 18.5. The van der Waals surface area contributed by atoms with E-state index in [1.54, 1.807) is 11.3 Å². The van der Waals surface area contributed by atoms with Gasteiger partial charge in [0.25, 0.3) is 0 Å². The Morgan fingerprint density at radius 1 is 1.29 bits per heavy atom. The molecule has 2 fully saturated rings. The summed E-state index contributed by atoms with van der Waals surface area (Å²) in [5.41, 5.74) is 1.08. The van der Waals surface area contributed by atoms with Crippen molar-refractivity contribution in [1.82, 2.24) is 15.5 Å². The number of anilines is 1. The molecule has 0 spiro atoms. The van der Waals surface area contributed by atoms with Crippen molar-refractivity contribution in [3.63, 3.8) is 0 Å². The highest BCUT2D eigenvalue weighted by molar-refractivity contribution is 8.77. The van der Waals surface area contributed by atoms with Gasteiger partial charge < -0.3 is 10.2 Å². The molecule has 2 saturated heterocycles. The molecule has 2 aliphatic heterocycles. The first-order valence-electron chi connectivity index (χ1n) is 10.2. The lowest BCUT2D eigenvalue weighted by molar-refractivity contribution is -0.122. The van der Waals surface area contributed by atoms with Gasteiger partial charge in [0.05, 0.1) is 10.6 Å². The van der Waals surface area contributed by atoms with E-state index in [4.69, 9.17) is 0 Å². The van der Waals surface area contributed by atoms with Crippen LogP contribution in [0.3, 0.4) is 0 Å². The molecule has 1 amide bonds. The number of rotatable bonds is 8. The molecular weight excluding hydrogens is 408 g/mol. The molecule has 0 aliphatic carbocycles. The van der Waals surface area contributed by atoms with Gasteiger partial charge >= 0.3 is 0 Å². The lowest BCUT2D eigenvalue weighted by Crippen LogP contribution is -2.44. The van der Waals surface area contributed by atoms with Crippen LogP contribution in [0.1, 0.15) is 44.9 Å².